The topological polar surface area (TPSA) is 38.3 Å². The molecule has 0 saturated carbocycles. The first kappa shape index (κ1) is 13.1. The molecule has 1 saturated heterocycles. The zero-order chi connectivity index (χ0) is 13.0. The Morgan fingerprint density at radius 3 is 2.67 bits per heavy atom. The van der Waals surface area contributed by atoms with Gasteiger partial charge in [0.25, 0.3) is 0 Å². The smallest absolute Gasteiger partial charge is 0.143 e. The fourth-order valence-electron chi connectivity index (χ4n) is 2.49. The third-order valence-corrected chi connectivity index (χ3v) is 3.92. The molecule has 3 heteroatoms. The van der Waals surface area contributed by atoms with Crippen molar-refractivity contribution < 1.29 is 9.53 Å². The van der Waals surface area contributed by atoms with Crippen molar-refractivity contribution >= 4 is 5.78 Å². The van der Waals surface area contributed by atoms with Crippen molar-refractivity contribution in [3.8, 4) is 5.75 Å². The summed E-state index contributed by atoms with van der Waals surface area (Å²) in [6, 6.07) is 7.77. The molecule has 1 aromatic rings. The van der Waals surface area contributed by atoms with Gasteiger partial charge in [0.05, 0.1) is 7.11 Å². The highest BCUT2D eigenvalue weighted by molar-refractivity contribution is 5.87. The highest BCUT2D eigenvalue weighted by atomic mass is 16.5. The summed E-state index contributed by atoms with van der Waals surface area (Å²) >= 11 is 0. The molecule has 1 heterocycles. The second-order valence-electron chi connectivity index (χ2n) is 5.22. The number of benzene rings is 1. The second kappa shape index (κ2) is 5.53. The molecule has 0 bridgehead atoms. The van der Waals surface area contributed by atoms with E-state index in [1.807, 2.05) is 24.3 Å². The van der Waals surface area contributed by atoms with Crippen molar-refractivity contribution in [2.24, 2.45) is 5.41 Å². The van der Waals surface area contributed by atoms with Crippen molar-refractivity contribution in [3.63, 3.8) is 0 Å². The van der Waals surface area contributed by atoms with E-state index in [4.69, 9.17) is 4.74 Å². The van der Waals surface area contributed by atoms with E-state index in [1.165, 1.54) is 0 Å². The molecule has 0 atom stereocenters. The van der Waals surface area contributed by atoms with Crippen LogP contribution in [0.15, 0.2) is 24.3 Å². The molecule has 0 unspecified atom stereocenters. The standard InChI is InChI=1S/C15H21NO2/c1-15(7-9-16-10-8-15)14(17)11-12-5-3-4-6-13(12)18-2/h3-6,16H,7-11H2,1-2H3. The monoisotopic (exact) mass is 247 g/mol. The van der Waals surface area contributed by atoms with Crippen LogP contribution in [0.3, 0.4) is 0 Å². The Balaban J connectivity index is 2.10. The van der Waals surface area contributed by atoms with Gasteiger partial charge in [-0.25, -0.2) is 0 Å². The van der Waals surface area contributed by atoms with Crippen LogP contribution in [-0.2, 0) is 11.2 Å². The van der Waals surface area contributed by atoms with Gasteiger partial charge in [0, 0.05) is 17.4 Å². The van der Waals surface area contributed by atoms with E-state index in [-0.39, 0.29) is 5.41 Å². The van der Waals surface area contributed by atoms with Gasteiger partial charge in [-0.05, 0) is 32.0 Å². The number of piperidine rings is 1. The lowest BCUT2D eigenvalue weighted by Gasteiger charge is -2.32. The van der Waals surface area contributed by atoms with Gasteiger partial charge in [0.2, 0.25) is 0 Å². The lowest BCUT2D eigenvalue weighted by atomic mass is 9.75. The first-order valence-corrected chi connectivity index (χ1v) is 6.52. The van der Waals surface area contributed by atoms with Crippen LogP contribution in [0.1, 0.15) is 25.3 Å². The molecule has 1 fully saturated rings. The normalized spacial score (nSPS) is 18.3. The maximum atomic E-state index is 12.5. The SMILES string of the molecule is COc1ccccc1CC(=O)C1(C)CCNCC1. The van der Waals surface area contributed by atoms with Crippen molar-refractivity contribution in [2.75, 3.05) is 20.2 Å². The molecule has 0 radical (unpaired) electrons. The molecule has 1 N–H and O–H groups in total. The number of carbonyl (C=O) groups is 1. The van der Waals surface area contributed by atoms with Crippen LogP contribution in [0.25, 0.3) is 0 Å². The van der Waals surface area contributed by atoms with Crippen LogP contribution in [0.5, 0.6) is 5.75 Å². The summed E-state index contributed by atoms with van der Waals surface area (Å²) in [5, 5.41) is 3.30. The summed E-state index contributed by atoms with van der Waals surface area (Å²) in [5.74, 6) is 1.14. The summed E-state index contributed by atoms with van der Waals surface area (Å²) in [6.45, 7) is 3.97. The third-order valence-electron chi connectivity index (χ3n) is 3.92. The minimum absolute atomic E-state index is 0.175. The average Bonchev–Trinajstić information content (AvgIpc) is 2.40. The van der Waals surface area contributed by atoms with Crippen LogP contribution in [0.2, 0.25) is 0 Å². The van der Waals surface area contributed by atoms with Crippen LogP contribution < -0.4 is 10.1 Å². The van der Waals surface area contributed by atoms with Gasteiger partial charge in [0.15, 0.2) is 0 Å². The number of Topliss-reactive ketones (excluding diaryl/α,β-unsaturated/α-hetero) is 1. The molecule has 0 aromatic heterocycles. The first-order chi connectivity index (χ1) is 8.65. The Morgan fingerprint density at radius 2 is 2.00 bits per heavy atom. The van der Waals surface area contributed by atoms with Crippen molar-refractivity contribution in [1.29, 1.82) is 0 Å². The van der Waals surface area contributed by atoms with E-state index in [0.717, 1.165) is 37.2 Å². The Kier molecular flexibility index (Phi) is 4.02. The second-order valence-corrected chi connectivity index (χ2v) is 5.22. The Hall–Kier alpha value is -1.35. The fraction of sp³-hybridized carbons (Fsp3) is 0.533. The van der Waals surface area contributed by atoms with Crippen LogP contribution >= 0.6 is 0 Å². The van der Waals surface area contributed by atoms with Gasteiger partial charge >= 0.3 is 0 Å². The lowest BCUT2D eigenvalue weighted by Crippen LogP contribution is -2.40. The molecule has 0 spiro atoms. The quantitative estimate of drug-likeness (QED) is 0.886. The van der Waals surface area contributed by atoms with Crippen LogP contribution in [0, 0.1) is 5.41 Å². The number of ether oxygens (including phenoxy) is 1. The van der Waals surface area contributed by atoms with Gasteiger partial charge in [-0.15, -0.1) is 0 Å². The average molecular weight is 247 g/mol. The predicted molar refractivity (Wildman–Crippen MR) is 71.9 cm³/mol. The Bertz CT molecular complexity index is 422. The molecule has 18 heavy (non-hydrogen) atoms. The minimum atomic E-state index is -0.175. The van der Waals surface area contributed by atoms with Crippen molar-refractivity contribution in [3.05, 3.63) is 29.8 Å². The van der Waals surface area contributed by atoms with Gasteiger partial charge in [-0.3, -0.25) is 4.79 Å². The van der Waals surface area contributed by atoms with Gasteiger partial charge in [0.1, 0.15) is 11.5 Å². The van der Waals surface area contributed by atoms with E-state index in [2.05, 4.69) is 12.2 Å². The summed E-state index contributed by atoms with van der Waals surface area (Å²) < 4.78 is 5.30. The number of methoxy groups -OCH3 is 1. The van der Waals surface area contributed by atoms with Crippen molar-refractivity contribution in [1.82, 2.24) is 5.32 Å². The fourth-order valence-corrected chi connectivity index (χ4v) is 2.49. The molecule has 0 amide bonds. The van der Waals surface area contributed by atoms with Crippen LogP contribution in [-0.4, -0.2) is 26.0 Å². The largest absolute Gasteiger partial charge is 0.496 e. The van der Waals surface area contributed by atoms with Gasteiger partial charge in [-0.2, -0.15) is 0 Å². The van der Waals surface area contributed by atoms with Gasteiger partial charge < -0.3 is 10.1 Å². The summed E-state index contributed by atoms with van der Waals surface area (Å²) in [5.41, 5.74) is 0.816. The number of para-hydroxylation sites is 1. The zero-order valence-electron chi connectivity index (χ0n) is 11.2. The molecule has 98 valence electrons. The van der Waals surface area contributed by atoms with Crippen molar-refractivity contribution in [2.45, 2.75) is 26.2 Å². The number of carbonyl (C=O) groups excluding carboxylic acids is 1. The summed E-state index contributed by atoms with van der Waals surface area (Å²) in [7, 11) is 1.65. The Morgan fingerprint density at radius 1 is 1.33 bits per heavy atom. The maximum Gasteiger partial charge on any atom is 0.143 e. The maximum absolute atomic E-state index is 12.5. The first-order valence-electron chi connectivity index (χ1n) is 6.52. The molecule has 1 aromatic carbocycles. The van der Waals surface area contributed by atoms with E-state index in [9.17, 15) is 4.79 Å². The van der Waals surface area contributed by atoms with E-state index < -0.39 is 0 Å². The highest BCUT2D eigenvalue weighted by Gasteiger charge is 2.34. The Labute approximate surface area is 109 Å². The lowest BCUT2D eigenvalue weighted by molar-refractivity contribution is -0.128. The molecular weight excluding hydrogens is 226 g/mol. The molecular formula is C15H21NO2. The summed E-state index contributed by atoms with van der Waals surface area (Å²) in [4.78, 5) is 12.5. The van der Waals surface area contributed by atoms with Gasteiger partial charge in [-0.1, -0.05) is 25.1 Å². The number of ketones is 1. The highest BCUT2D eigenvalue weighted by Crippen LogP contribution is 2.31. The molecule has 2 rings (SSSR count). The van der Waals surface area contributed by atoms with Crippen LogP contribution in [0.4, 0.5) is 0 Å². The zero-order valence-corrected chi connectivity index (χ0v) is 11.2. The molecule has 3 nitrogen and oxygen atoms in total. The van der Waals surface area contributed by atoms with E-state index in [0.29, 0.717) is 12.2 Å². The third kappa shape index (κ3) is 2.72. The molecule has 1 aliphatic heterocycles. The number of nitrogens with one attached hydrogen (secondary N) is 1. The molecule has 0 aliphatic carbocycles. The minimum Gasteiger partial charge on any atom is -0.496 e. The summed E-state index contributed by atoms with van der Waals surface area (Å²) in [6.07, 6.45) is 2.34. The molecule has 1 aliphatic rings. The predicted octanol–water partition coefficient (Wildman–Crippen LogP) is 2.20. The number of hydrogen-bond acceptors (Lipinski definition) is 3. The number of rotatable bonds is 4. The number of hydrogen-bond donors (Lipinski definition) is 1. The van der Waals surface area contributed by atoms with E-state index >= 15 is 0 Å². The van der Waals surface area contributed by atoms with E-state index in [1.54, 1.807) is 7.11 Å².